The lowest BCUT2D eigenvalue weighted by molar-refractivity contribution is 0.357. The topological polar surface area (TPSA) is 21.3 Å². The van der Waals surface area contributed by atoms with Crippen LogP contribution in [0.3, 0.4) is 0 Å². The molecular formula is C16H16BrNO. The number of aryl methyl sites for hydroxylation is 1. The van der Waals surface area contributed by atoms with Crippen molar-refractivity contribution < 1.29 is 4.74 Å². The number of hydrogen-bond acceptors (Lipinski definition) is 2. The number of nitrogens with one attached hydrogen (secondary N) is 1. The molecule has 0 fully saturated rings. The number of halogens is 1. The lowest BCUT2D eigenvalue weighted by atomic mass is 10.1. The second-order valence-corrected chi connectivity index (χ2v) is 5.73. The van der Waals surface area contributed by atoms with Crippen LogP contribution in [-0.2, 0) is 13.0 Å². The molecule has 0 amide bonds. The van der Waals surface area contributed by atoms with Crippen molar-refractivity contribution in [1.82, 2.24) is 0 Å². The quantitative estimate of drug-likeness (QED) is 0.911. The van der Waals surface area contributed by atoms with Gasteiger partial charge < -0.3 is 10.1 Å². The van der Waals surface area contributed by atoms with Crippen LogP contribution in [0, 0.1) is 6.92 Å². The molecule has 2 aromatic carbocycles. The summed E-state index contributed by atoms with van der Waals surface area (Å²) in [6, 6.07) is 12.8. The van der Waals surface area contributed by atoms with E-state index in [4.69, 9.17) is 4.74 Å². The molecule has 3 rings (SSSR count). The molecule has 0 saturated heterocycles. The summed E-state index contributed by atoms with van der Waals surface area (Å²) < 4.78 is 6.63. The zero-order valence-corrected chi connectivity index (χ0v) is 12.5. The van der Waals surface area contributed by atoms with Crippen molar-refractivity contribution in [2.75, 3.05) is 11.9 Å². The van der Waals surface area contributed by atoms with Crippen molar-refractivity contribution in [1.29, 1.82) is 0 Å². The summed E-state index contributed by atoms with van der Waals surface area (Å²) in [7, 11) is 0. The summed E-state index contributed by atoms with van der Waals surface area (Å²) in [5.74, 6) is 1.04. The van der Waals surface area contributed by atoms with Crippen LogP contribution in [0.5, 0.6) is 5.75 Å². The van der Waals surface area contributed by atoms with Crippen LogP contribution in [0.2, 0.25) is 0 Å². The van der Waals surface area contributed by atoms with Gasteiger partial charge in [-0.05, 0) is 57.7 Å². The molecule has 2 aromatic rings. The largest absolute Gasteiger partial charge is 0.493 e. The van der Waals surface area contributed by atoms with E-state index in [-0.39, 0.29) is 0 Å². The molecule has 1 aliphatic rings. The highest BCUT2D eigenvalue weighted by Crippen LogP contribution is 2.27. The van der Waals surface area contributed by atoms with E-state index in [0.29, 0.717) is 0 Å². The minimum atomic E-state index is 0.815. The third-order valence-corrected chi connectivity index (χ3v) is 4.02. The molecule has 0 saturated carbocycles. The van der Waals surface area contributed by atoms with Crippen LogP contribution in [0.15, 0.2) is 40.9 Å². The van der Waals surface area contributed by atoms with Gasteiger partial charge in [0.1, 0.15) is 5.75 Å². The van der Waals surface area contributed by atoms with Crippen LogP contribution in [0.4, 0.5) is 5.69 Å². The van der Waals surface area contributed by atoms with Gasteiger partial charge in [-0.1, -0.05) is 18.2 Å². The first-order chi connectivity index (χ1) is 9.22. The van der Waals surface area contributed by atoms with E-state index >= 15 is 0 Å². The van der Waals surface area contributed by atoms with Gasteiger partial charge in [0, 0.05) is 23.1 Å². The minimum absolute atomic E-state index is 0.815. The maximum atomic E-state index is 5.52. The van der Waals surface area contributed by atoms with Crippen molar-refractivity contribution in [3.63, 3.8) is 0 Å². The predicted molar refractivity (Wildman–Crippen MR) is 81.8 cm³/mol. The monoisotopic (exact) mass is 317 g/mol. The first-order valence-electron chi connectivity index (χ1n) is 6.47. The summed E-state index contributed by atoms with van der Waals surface area (Å²) in [6.07, 6.45) is 1.03. The van der Waals surface area contributed by atoms with Crippen molar-refractivity contribution >= 4 is 21.6 Å². The van der Waals surface area contributed by atoms with Gasteiger partial charge in [-0.25, -0.2) is 0 Å². The highest BCUT2D eigenvalue weighted by molar-refractivity contribution is 9.10. The van der Waals surface area contributed by atoms with Crippen LogP contribution in [0.1, 0.15) is 16.7 Å². The Labute approximate surface area is 121 Å². The maximum Gasteiger partial charge on any atom is 0.122 e. The molecule has 98 valence electrons. The number of rotatable bonds is 3. The second kappa shape index (κ2) is 5.25. The van der Waals surface area contributed by atoms with Crippen molar-refractivity contribution in [3.8, 4) is 5.75 Å². The van der Waals surface area contributed by atoms with Gasteiger partial charge in [-0.2, -0.15) is 0 Å². The third-order valence-electron chi connectivity index (χ3n) is 3.36. The Balaban J connectivity index is 1.72. The number of hydrogen-bond donors (Lipinski definition) is 1. The van der Waals surface area contributed by atoms with E-state index in [1.807, 2.05) is 0 Å². The molecule has 0 unspecified atom stereocenters. The van der Waals surface area contributed by atoms with E-state index in [9.17, 15) is 0 Å². The number of anilines is 1. The van der Waals surface area contributed by atoms with Gasteiger partial charge in [0.15, 0.2) is 0 Å². The molecule has 1 aliphatic heterocycles. The van der Waals surface area contributed by atoms with E-state index in [1.165, 1.54) is 16.7 Å². The Bertz CT molecular complexity index is 610. The van der Waals surface area contributed by atoms with Gasteiger partial charge >= 0.3 is 0 Å². The second-order valence-electron chi connectivity index (χ2n) is 4.88. The lowest BCUT2D eigenvalue weighted by Crippen LogP contribution is -2.00. The zero-order valence-electron chi connectivity index (χ0n) is 10.9. The van der Waals surface area contributed by atoms with Crippen LogP contribution < -0.4 is 10.1 Å². The number of fused-ring (bicyclic) bond motifs is 1. The summed E-state index contributed by atoms with van der Waals surface area (Å²) in [5.41, 5.74) is 4.99. The molecule has 0 spiro atoms. The van der Waals surface area contributed by atoms with Crippen molar-refractivity contribution in [2.24, 2.45) is 0 Å². The summed E-state index contributed by atoms with van der Waals surface area (Å²) >= 11 is 3.59. The number of ether oxygens (including phenoxy) is 1. The molecule has 1 heterocycles. The normalized spacial score (nSPS) is 12.9. The van der Waals surface area contributed by atoms with Gasteiger partial charge in [0.2, 0.25) is 0 Å². The molecule has 2 nitrogen and oxygen atoms in total. The molecule has 3 heteroatoms. The van der Waals surface area contributed by atoms with E-state index in [2.05, 4.69) is 64.6 Å². The summed E-state index contributed by atoms with van der Waals surface area (Å²) in [6.45, 7) is 3.74. The van der Waals surface area contributed by atoms with E-state index < -0.39 is 0 Å². The summed E-state index contributed by atoms with van der Waals surface area (Å²) in [5, 5.41) is 3.46. The first kappa shape index (κ1) is 12.5. The standard InChI is InChI=1S/C16H16BrNO/c1-11-2-4-15(14(17)8-11)18-10-12-3-5-16-13(9-12)6-7-19-16/h2-5,8-9,18H,6-7,10H2,1H3. The first-order valence-corrected chi connectivity index (χ1v) is 7.26. The average molecular weight is 318 g/mol. The van der Waals surface area contributed by atoms with Gasteiger partial charge in [0.05, 0.1) is 6.61 Å². The smallest absolute Gasteiger partial charge is 0.122 e. The highest BCUT2D eigenvalue weighted by atomic mass is 79.9. The summed E-state index contributed by atoms with van der Waals surface area (Å²) in [4.78, 5) is 0. The van der Waals surface area contributed by atoms with Crippen LogP contribution in [0.25, 0.3) is 0 Å². The van der Waals surface area contributed by atoms with E-state index in [1.54, 1.807) is 0 Å². The molecule has 0 bridgehead atoms. The van der Waals surface area contributed by atoms with Crippen molar-refractivity contribution in [2.45, 2.75) is 19.9 Å². The van der Waals surface area contributed by atoms with Crippen LogP contribution >= 0.6 is 15.9 Å². The molecule has 1 N–H and O–H groups in total. The van der Waals surface area contributed by atoms with Gasteiger partial charge in [0.25, 0.3) is 0 Å². The molecule has 0 atom stereocenters. The fraction of sp³-hybridized carbons (Fsp3) is 0.250. The van der Waals surface area contributed by atoms with Gasteiger partial charge in [-0.3, -0.25) is 0 Å². The maximum absolute atomic E-state index is 5.52. The minimum Gasteiger partial charge on any atom is -0.493 e. The molecule has 0 radical (unpaired) electrons. The van der Waals surface area contributed by atoms with Gasteiger partial charge in [-0.15, -0.1) is 0 Å². The molecule has 19 heavy (non-hydrogen) atoms. The van der Waals surface area contributed by atoms with E-state index in [0.717, 1.165) is 35.5 Å². The predicted octanol–water partition coefficient (Wildman–Crippen LogP) is 4.30. The molecule has 0 aromatic heterocycles. The fourth-order valence-corrected chi connectivity index (χ4v) is 2.94. The Morgan fingerprint density at radius 2 is 2.11 bits per heavy atom. The SMILES string of the molecule is Cc1ccc(NCc2ccc3c(c2)CCO3)c(Br)c1. The number of benzene rings is 2. The lowest BCUT2D eigenvalue weighted by Gasteiger charge is -2.10. The van der Waals surface area contributed by atoms with Crippen LogP contribution in [-0.4, -0.2) is 6.61 Å². The Morgan fingerprint density at radius 3 is 2.95 bits per heavy atom. The molecular weight excluding hydrogens is 302 g/mol. The van der Waals surface area contributed by atoms with Crippen molar-refractivity contribution in [3.05, 3.63) is 57.6 Å². The third kappa shape index (κ3) is 2.76. The fourth-order valence-electron chi connectivity index (χ4n) is 2.31. The Hall–Kier alpha value is -1.48. The zero-order chi connectivity index (χ0) is 13.2. The average Bonchev–Trinajstić information content (AvgIpc) is 2.85. The highest BCUT2D eigenvalue weighted by Gasteiger charge is 2.11. The Morgan fingerprint density at radius 1 is 1.21 bits per heavy atom. The Kier molecular flexibility index (Phi) is 3.47. The molecule has 0 aliphatic carbocycles.